The van der Waals surface area contributed by atoms with Gasteiger partial charge >= 0.3 is 0 Å². The van der Waals surface area contributed by atoms with Crippen molar-refractivity contribution in [2.75, 3.05) is 19.1 Å². The van der Waals surface area contributed by atoms with Gasteiger partial charge in [0.15, 0.2) is 19.7 Å². The number of hydrogen-bond donors (Lipinski definition) is 1. The van der Waals surface area contributed by atoms with Gasteiger partial charge in [0.05, 0.1) is 9.79 Å². The molecule has 1 aliphatic rings. The van der Waals surface area contributed by atoms with E-state index in [1.807, 2.05) is 0 Å². The van der Waals surface area contributed by atoms with E-state index < -0.39 is 25.1 Å². The number of sulfone groups is 2. The lowest BCUT2D eigenvalue weighted by atomic mass is 9.69. The summed E-state index contributed by atoms with van der Waals surface area (Å²) in [5.41, 5.74) is 6.12. The zero-order valence-corrected chi connectivity index (χ0v) is 14.6. The largest absolute Gasteiger partial charge is 0.330 e. The minimum atomic E-state index is -3.68. The van der Waals surface area contributed by atoms with Gasteiger partial charge in [-0.1, -0.05) is 31.4 Å². The van der Waals surface area contributed by atoms with Crippen molar-refractivity contribution in [3.8, 4) is 0 Å². The molecule has 22 heavy (non-hydrogen) atoms. The van der Waals surface area contributed by atoms with Crippen LogP contribution in [0.5, 0.6) is 0 Å². The van der Waals surface area contributed by atoms with Crippen molar-refractivity contribution in [2.24, 2.45) is 5.73 Å². The average Bonchev–Trinajstić information content (AvgIpc) is 2.45. The van der Waals surface area contributed by atoms with Gasteiger partial charge in [0, 0.05) is 24.5 Å². The van der Waals surface area contributed by atoms with Gasteiger partial charge in [0.1, 0.15) is 0 Å². The zero-order valence-electron chi connectivity index (χ0n) is 13.0. The second-order valence-electron chi connectivity index (χ2n) is 6.22. The number of nitrogens with two attached hydrogens (primary N) is 1. The summed E-state index contributed by atoms with van der Waals surface area (Å²) < 4.78 is 48.7. The Morgan fingerprint density at radius 3 is 2.05 bits per heavy atom. The van der Waals surface area contributed by atoms with E-state index in [2.05, 4.69) is 0 Å². The summed E-state index contributed by atoms with van der Waals surface area (Å²) in [6.45, 7) is 0.322. The van der Waals surface area contributed by atoms with E-state index in [4.69, 9.17) is 5.73 Å². The topological polar surface area (TPSA) is 94.3 Å². The van der Waals surface area contributed by atoms with Crippen molar-refractivity contribution in [2.45, 2.75) is 47.3 Å². The van der Waals surface area contributed by atoms with Crippen LogP contribution in [0.2, 0.25) is 0 Å². The minimum absolute atomic E-state index is 0.0650. The normalized spacial score (nSPS) is 19.0. The molecule has 1 saturated carbocycles. The fourth-order valence-electron chi connectivity index (χ4n) is 3.42. The molecule has 1 aromatic rings. The maximum Gasteiger partial charge on any atom is 0.177 e. The van der Waals surface area contributed by atoms with Crippen LogP contribution < -0.4 is 5.73 Å². The molecule has 0 aromatic heterocycles. The van der Waals surface area contributed by atoms with E-state index in [1.165, 1.54) is 6.07 Å². The van der Waals surface area contributed by atoms with Gasteiger partial charge in [-0.2, -0.15) is 0 Å². The lowest BCUT2D eigenvalue weighted by Gasteiger charge is -2.38. The van der Waals surface area contributed by atoms with Gasteiger partial charge in [-0.05, 0) is 24.5 Å². The van der Waals surface area contributed by atoms with Crippen LogP contribution in [-0.4, -0.2) is 35.9 Å². The smallest absolute Gasteiger partial charge is 0.177 e. The van der Waals surface area contributed by atoms with Crippen LogP contribution in [0.3, 0.4) is 0 Å². The van der Waals surface area contributed by atoms with E-state index in [1.54, 1.807) is 12.1 Å². The molecule has 7 heteroatoms. The summed E-state index contributed by atoms with van der Waals surface area (Å²) in [4.78, 5) is -0.184. The van der Waals surface area contributed by atoms with Gasteiger partial charge in [-0.15, -0.1) is 0 Å². The summed E-state index contributed by atoms with van der Waals surface area (Å²) in [6.07, 6.45) is 6.73. The molecule has 2 N–H and O–H groups in total. The maximum atomic E-state index is 12.3. The number of rotatable bonds is 4. The molecule has 5 nitrogen and oxygen atoms in total. The highest BCUT2D eigenvalue weighted by Crippen LogP contribution is 2.42. The SMILES string of the molecule is CS(=O)(=O)c1cccc(C2(CN)CCCCC2)c1S(C)(=O)=O. The summed E-state index contributed by atoms with van der Waals surface area (Å²) >= 11 is 0. The summed E-state index contributed by atoms with van der Waals surface area (Å²) in [5, 5.41) is 0. The van der Waals surface area contributed by atoms with Gasteiger partial charge in [-0.25, -0.2) is 16.8 Å². The summed E-state index contributed by atoms with van der Waals surface area (Å²) in [7, 11) is -7.31. The first-order valence-electron chi connectivity index (χ1n) is 7.35. The fraction of sp³-hybridized carbons (Fsp3) is 0.600. The van der Waals surface area contributed by atoms with Crippen LogP contribution in [0.4, 0.5) is 0 Å². The Bertz CT molecular complexity index is 761. The standard InChI is InChI=1S/C15H23NO4S2/c1-21(17,18)13-8-6-7-12(14(13)22(2,19)20)15(11-16)9-4-3-5-10-15/h6-8H,3-5,9-11,16H2,1-2H3. The third-order valence-electron chi connectivity index (χ3n) is 4.52. The lowest BCUT2D eigenvalue weighted by molar-refractivity contribution is 0.295. The van der Waals surface area contributed by atoms with Crippen molar-refractivity contribution in [3.05, 3.63) is 23.8 Å². The Morgan fingerprint density at radius 2 is 1.59 bits per heavy atom. The molecule has 0 radical (unpaired) electrons. The van der Waals surface area contributed by atoms with Crippen LogP contribution in [0.25, 0.3) is 0 Å². The molecule has 0 spiro atoms. The van der Waals surface area contributed by atoms with Gasteiger partial charge in [0.2, 0.25) is 0 Å². The molecular formula is C15H23NO4S2. The molecule has 0 heterocycles. The molecule has 0 unspecified atom stereocenters. The molecule has 2 rings (SSSR count). The Kier molecular flexibility index (Phi) is 4.71. The number of hydrogen-bond acceptors (Lipinski definition) is 5. The first kappa shape index (κ1) is 17.4. The molecule has 0 aliphatic heterocycles. The predicted octanol–water partition coefficient (Wildman–Crippen LogP) is 1.65. The third kappa shape index (κ3) is 3.21. The molecule has 1 fully saturated rings. The average molecular weight is 345 g/mol. The Labute approximate surface area is 132 Å². The summed E-state index contributed by atoms with van der Waals surface area (Å²) in [6, 6.07) is 4.71. The molecule has 1 aromatic carbocycles. The quantitative estimate of drug-likeness (QED) is 0.895. The Hall–Kier alpha value is -0.920. The lowest BCUT2D eigenvalue weighted by Crippen LogP contribution is -2.38. The van der Waals surface area contributed by atoms with E-state index in [9.17, 15) is 16.8 Å². The van der Waals surface area contributed by atoms with E-state index in [-0.39, 0.29) is 9.79 Å². The first-order valence-corrected chi connectivity index (χ1v) is 11.1. The van der Waals surface area contributed by atoms with Crippen LogP contribution in [0.15, 0.2) is 28.0 Å². The highest BCUT2D eigenvalue weighted by molar-refractivity contribution is 7.93. The van der Waals surface area contributed by atoms with Crippen LogP contribution in [0.1, 0.15) is 37.7 Å². The molecule has 1 aliphatic carbocycles. The fourth-order valence-corrected chi connectivity index (χ4v) is 6.22. The van der Waals surface area contributed by atoms with Crippen LogP contribution in [0, 0.1) is 0 Å². The van der Waals surface area contributed by atoms with E-state index in [0.29, 0.717) is 12.1 Å². The van der Waals surface area contributed by atoms with Gasteiger partial charge in [0.25, 0.3) is 0 Å². The van der Waals surface area contributed by atoms with Gasteiger partial charge in [-0.3, -0.25) is 0 Å². The zero-order chi connectivity index (χ0) is 16.6. The van der Waals surface area contributed by atoms with Crippen molar-refractivity contribution >= 4 is 19.7 Å². The van der Waals surface area contributed by atoms with Crippen molar-refractivity contribution in [1.82, 2.24) is 0 Å². The van der Waals surface area contributed by atoms with Crippen molar-refractivity contribution in [3.63, 3.8) is 0 Å². The van der Waals surface area contributed by atoms with Crippen LogP contribution >= 0.6 is 0 Å². The molecule has 124 valence electrons. The predicted molar refractivity (Wildman–Crippen MR) is 86.5 cm³/mol. The highest BCUT2D eigenvalue weighted by atomic mass is 32.2. The highest BCUT2D eigenvalue weighted by Gasteiger charge is 2.38. The summed E-state index contributed by atoms with van der Waals surface area (Å²) in [5.74, 6) is 0. The second-order valence-corrected chi connectivity index (χ2v) is 10.2. The van der Waals surface area contributed by atoms with E-state index >= 15 is 0 Å². The van der Waals surface area contributed by atoms with Crippen LogP contribution in [-0.2, 0) is 25.1 Å². The van der Waals surface area contributed by atoms with Crippen molar-refractivity contribution in [1.29, 1.82) is 0 Å². The monoisotopic (exact) mass is 345 g/mol. The number of benzene rings is 1. The molecular weight excluding hydrogens is 322 g/mol. The van der Waals surface area contributed by atoms with E-state index in [0.717, 1.165) is 44.6 Å². The molecule has 0 saturated heterocycles. The Morgan fingerprint density at radius 1 is 1.00 bits per heavy atom. The molecule has 0 atom stereocenters. The Balaban J connectivity index is 2.82. The first-order chi connectivity index (χ1) is 10.1. The second kappa shape index (κ2) is 5.94. The van der Waals surface area contributed by atoms with Crippen molar-refractivity contribution < 1.29 is 16.8 Å². The van der Waals surface area contributed by atoms with Gasteiger partial charge < -0.3 is 5.73 Å². The third-order valence-corrected chi connectivity index (χ3v) is 6.97. The maximum absolute atomic E-state index is 12.3. The molecule has 0 bridgehead atoms. The minimum Gasteiger partial charge on any atom is -0.330 e. The molecule has 0 amide bonds.